The van der Waals surface area contributed by atoms with E-state index in [1.165, 1.54) is 18.2 Å². The molecule has 0 heterocycles. The molecule has 2 aromatic rings. The highest BCUT2D eigenvalue weighted by Crippen LogP contribution is 2.14. The molecule has 1 radical (unpaired) electrons. The van der Waals surface area contributed by atoms with Gasteiger partial charge in [-0.25, -0.2) is 4.39 Å². The summed E-state index contributed by atoms with van der Waals surface area (Å²) in [6, 6.07) is 14.2. The molecular weight excluding hydrogens is 227 g/mol. The first-order valence-electron chi connectivity index (χ1n) is 4.78. The van der Waals surface area contributed by atoms with Crippen molar-refractivity contribution in [1.82, 2.24) is 0 Å². The van der Waals surface area contributed by atoms with Gasteiger partial charge in [0, 0.05) is 17.2 Å². The molecule has 0 aromatic heterocycles. The standard InChI is InChI=1S/C13H9ClFO/c14-11-6-4-10(5-7-11)9-16-13-3-1-2-12(15)8-13/h1-2,4-8H,9H2. The second-order valence-corrected chi connectivity index (χ2v) is 3.72. The lowest BCUT2D eigenvalue weighted by Crippen LogP contribution is -1.95. The van der Waals surface area contributed by atoms with Crippen LogP contribution in [0, 0.1) is 11.9 Å². The highest BCUT2D eigenvalue weighted by atomic mass is 35.5. The Morgan fingerprint density at radius 3 is 2.62 bits per heavy atom. The van der Waals surface area contributed by atoms with Crippen LogP contribution in [0.5, 0.6) is 5.75 Å². The number of benzene rings is 2. The maximum absolute atomic E-state index is 12.8. The minimum Gasteiger partial charge on any atom is -0.488 e. The molecule has 0 unspecified atom stereocenters. The first-order chi connectivity index (χ1) is 7.74. The Morgan fingerprint density at radius 2 is 1.94 bits per heavy atom. The maximum atomic E-state index is 12.8. The van der Waals surface area contributed by atoms with Gasteiger partial charge in [0.1, 0.15) is 18.2 Å². The van der Waals surface area contributed by atoms with Gasteiger partial charge in [0.2, 0.25) is 0 Å². The van der Waals surface area contributed by atoms with Crippen LogP contribution in [-0.4, -0.2) is 0 Å². The van der Waals surface area contributed by atoms with E-state index in [9.17, 15) is 4.39 Å². The van der Waals surface area contributed by atoms with Crippen LogP contribution in [0.15, 0.2) is 42.5 Å². The van der Waals surface area contributed by atoms with E-state index in [0.29, 0.717) is 17.4 Å². The minimum absolute atomic E-state index is 0.329. The van der Waals surface area contributed by atoms with E-state index in [2.05, 4.69) is 6.07 Å². The summed E-state index contributed by atoms with van der Waals surface area (Å²) < 4.78 is 18.2. The second-order valence-electron chi connectivity index (χ2n) is 3.29. The van der Waals surface area contributed by atoms with Gasteiger partial charge in [-0.15, -0.1) is 0 Å². The van der Waals surface area contributed by atoms with Crippen LogP contribution in [0.3, 0.4) is 0 Å². The largest absolute Gasteiger partial charge is 0.488 e. The normalized spacial score (nSPS) is 10.1. The third-order valence-electron chi connectivity index (χ3n) is 2.04. The van der Waals surface area contributed by atoms with Gasteiger partial charge in [0.25, 0.3) is 0 Å². The van der Waals surface area contributed by atoms with Gasteiger partial charge in [-0.1, -0.05) is 23.7 Å². The molecule has 81 valence electrons. The molecule has 16 heavy (non-hydrogen) atoms. The van der Waals surface area contributed by atoms with Crippen molar-refractivity contribution < 1.29 is 9.13 Å². The molecule has 0 spiro atoms. The van der Waals surface area contributed by atoms with E-state index in [4.69, 9.17) is 16.3 Å². The lowest BCUT2D eigenvalue weighted by molar-refractivity contribution is 0.304. The summed E-state index contributed by atoms with van der Waals surface area (Å²) in [4.78, 5) is 0. The maximum Gasteiger partial charge on any atom is 0.130 e. The quantitative estimate of drug-likeness (QED) is 0.785. The van der Waals surface area contributed by atoms with Gasteiger partial charge in [-0.3, -0.25) is 0 Å². The number of halogens is 2. The van der Waals surface area contributed by atoms with Crippen molar-refractivity contribution in [2.45, 2.75) is 6.61 Å². The number of rotatable bonds is 3. The monoisotopic (exact) mass is 235 g/mol. The topological polar surface area (TPSA) is 9.23 Å². The van der Waals surface area contributed by atoms with Crippen molar-refractivity contribution in [2.75, 3.05) is 0 Å². The van der Waals surface area contributed by atoms with Gasteiger partial charge in [-0.2, -0.15) is 0 Å². The Kier molecular flexibility index (Phi) is 3.42. The summed E-state index contributed by atoms with van der Waals surface area (Å²) >= 11 is 5.75. The molecule has 2 aromatic carbocycles. The molecule has 1 nitrogen and oxygen atoms in total. The van der Waals surface area contributed by atoms with Crippen molar-refractivity contribution in [1.29, 1.82) is 0 Å². The van der Waals surface area contributed by atoms with Crippen LogP contribution in [0.1, 0.15) is 5.56 Å². The Bertz CT molecular complexity index is 468. The molecule has 0 fully saturated rings. The second kappa shape index (κ2) is 4.99. The fourth-order valence-corrected chi connectivity index (χ4v) is 1.37. The molecule has 0 N–H and O–H groups in total. The van der Waals surface area contributed by atoms with E-state index in [0.717, 1.165) is 5.56 Å². The fraction of sp³-hybridized carbons (Fsp3) is 0.0769. The van der Waals surface area contributed by atoms with Crippen molar-refractivity contribution in [3.8, 4) is 5.75 Å². The molecule has 0 aliphatic rings. The zero-order valence-electron chi connectivity index (χ0n) is 8.41. The minimum atomic E-state index is -0.329. The predicted octanol–water partition coefficient (Wildman–Crippen LogP) is 3.86. The van der Waals surface area contributed by atoms with Gasteiger partial charge < -0.3 is 4.74 Å². The molecule has 0 saturated carbocycles. The van der Waals surface area contributed by atoms with Crippen molar-refractivity contribution in [2.24, 2.45) is 0 Å². The van der Waals surface area contributed by atoms with E-state index in [1.807, 2.05) is 12.1 Å². The highest BCUT2D eigenvalue weighted by Gasteiger charge is 1.98. The highest BCUT2D eigenvalue weighted by molar-refractivity contribution is 6.30. The lowest BCUT2D eigenvalue weighted by Gasteiger charge is -2.05. The van der Waals surface area contributed by atoms with Crippen LogP contribution >= 0.6 is 11.6 Å². The zero-order chi connectivity index (χ0) is 11.4. The average Bonchev–Trinajstić information content (AvgIpc) is 2.28. The van der Waals surface area contributed by atoms with E-state index < -0.39 is 0 Å². The summed E-state index contributed by atoms with van der Waals surface area (Å²) in [5.74, 6) is 0.0693. The SMILES string of the molecule is Fc1cc[c]c(OCc2ccc(Cl)cc2)c1. The van der Waals surface area contributed by atoms with Crippen molar-refractivity contribution in [3.05, 3.63) is 64.9 Å². The third kappa shape index (κ3) is 2.97. The summed E-state index contributed by atoms with van der Waals surface area (Å²) in [6.07, 6.45) is 0. The van der Waals surface area contributed by atoms with E-state index in [-0.39, 0.29) is 5.82 Å². The molecule has 0 amide bonds. The van der Waals surface area contributed by atoms with Crippen LogP contribution in [-0.2, 0) is 6.61 Å². The third-order valence-corrected chi connectivity index (χ3v) is 2.30. The van der Waals surface area contributed by atoms with Gasteiger partial charge in [0.15, 0.2) is 0 Å². The molecule has 0 bridgehead atoms. The summed E-state index contributed by atoms with van der Waals surface area (Å²) in [7, 11) is 0. The van der Waals surface area contributed by atoms with Crippen LogP contribution in [0.4, 0.5) is 4.39 Å². The molecule has 0 atom stereocenters. The molecule has 0 aliphatic heterocycles. The Morgan fingerprint density at radius 1 is 1.19 bits per heavy atom. The molecule has 3 heteroatoms. The smallest absolute Gasteiger partial charge is 0.130 e. The summed E-state index contributed by atoms with van der Waals surface area (Å²) in [6.45, 7) is 0.372. The van der Waals surface area contributed by atoms with Crippen LogP contribution < -0.4 is 4.74 Å². The molecule has 2 rings (SSSR count). The van der Waals surface area contributed by atoms with E-state index >= 15 is 0 Å². The lowest BCUT2D eigenvalue weighted by atomic mass is 10.2. The molecular formula is C13H9ClFO. The predicted molar refractivity (Wildman–Crippen MR) is 61.0 cm³/mol. The first-order valence-corrected chi connectivity index (χ1v) is 5.16. The zero-order valence-corrected chi connectivity index (χ0v) is 9.17. The van der Waals surface area contributed by atoms with Crippen LogP contribution in [0.25, 0.3) is 0 Å². The average molecular weight is 236 g/mol. The Labute approximate surface area is 98.4 Å². The van der Waals surface area contributed by atoms with Gasteiger partial charge in [0.05, 0.1) is 0 Å². The molecule has 0 saturated heterocycles. The summed E-state index contributed by atoms with van der Waals surface area (Å²) in [5.41, 5.74) is 0.974. The van der Waals surface area contributed by atoms with Crippen molar-refractivity contribution in [3.63, 3.8) is 0 Å². The van der Waals surface area contributed by atoms with Crippen LogP contribution in [0.2, 0.25) is 5.02 Å². The fourth-order valence-electron chi connectivity index (χ4n) is 1.24. The number of ether oxygens (including phenoxy) is 1. The Hall–Kier alpha value is -1.54. The molecule has 0 aliphatic carbocycles. The number of hydrogen-bond acceptors (Lipinski definition) is 1. The first kappa shape index (κ1) is 11.0. The van der Waals surface area contributed by atoms with Gasteiger partial charge >= 0.3 is 0 Å². The Balaban J connectivity index is 1.99. The summed E-state index contributed by atoms with van der Waals surface area (Å²) in [5, 5.41) is 0.682. The van der Waals surface area contributed by atoms with Gasteiger partial charge in [-0.05, 0) is 29.8 Å². The van der Waals surface area contributed by atoms with E-state index in [1.54, 1.807) is 12.1 Å². The number of hydrogen-bond donors (Lipinski definition) is 0. The van der Waals surface area contributed by atoms with Crippen molar-refractivity contribution >= 4 is 11.6 Å².